The molecule has 0 aromatic heterocycles. The Morgan fingerprint density at radius 1 is 1.26 bits per heavy atom. The lowest BCUT2D eigenvalue weighted by molar-refractivity contribution is -0.130. The molecule has 0 atom stereocenters. The number of carbonyl (C=O) groups is 1. The van der Waals surface area contributed by atoms with E-state index in [-0.39, 0.29) is 5.91 Å². The van der Waals surface area contributed by atoms with E-state index in [1.807, 2.05) is 7.05 Å². The Morgan fingerprint density at radius 2 is 1.89 bits per heavy atom. The molecule has 2 aliphatic rings. The Kier molecular flexibility index (Phi) is 4.96. The summed E-state index contributed by atoms with van der Waals surface area (Å²) in [6.45, 7) is 2.02. The molecule has 106 valence electrons. The SMILES string of the molecule is CN=C/C(=C\NC)C(=O)N(C1CCNCC1)C1CC1. The predicted molar refractivity (Wildman–Crippen MR) is 77.3 cm³/mol. The Labute approximate surface area is 115 Å². The molecule has 0 radical (unpaired) electrons. The quantitative estimate of drug-likeness (QED) is 0.563. The van der Waals surface area contributed by atoms with Crippen LogP contribution in [0.3, 0.4) is 0 Å². The number of hydrogen-bond acceptors (Lipinski definition) is 4. The third-order valence-electron chi connectivity index (χ3n) is 3.69. The zero-order valence-corrected chi connectivity index (χ0v) is 11.9. The third kappa shape index (κ3) is 3.56. The number of hydrogen-bond donors (Lipinski definition) is 2. The molecule has 5 heteroatoms. The van der Waals surface area contributed by atoms with Gasteiger partial charge >= 0.3 is 0 Å². The summed E-state index contributed by atoms with van der Waals surface area (Å²) in [5.74, 6) is 0.120. The number of amides is 1. The molecular weight excluding hydrogens is 240 g/mol. The van der Waals surface area contributed by atoms with Crippen molar-refractivity contribution >= 4 is 12.1 Å². The number of nitrogens with zero attached hydrogens (tertiary/aromatic N) is 2. The second-order valence-corrected chi connectivity index (χ2v) is 5.20. The summed E-state index contributed by atoms with van der Waals surface area (Å²) in [5.41, 5.74) is 0.649. The first-order chi connectivity index (χ1) is 9.27. The minimum atomic E-state index is 0.120. The molecule has 0 spiro atoms. The summed E-state index contributed by atoms with van der Waals surface area (Å²) >= 11 is 0. The molecule has 1 heterocycles. The molecule has 0 unspecified atom stereocenters. The number of aliphatic imine (C=N–C) groups is 1. The smallest absolute Gasteiger partial charge is 0.257 e. The van der Waals surface area contributed by atoms with E-state index in [1.165, 1.54) is 0 Å². The van der Waals surface area contributed by atoms with Crippen LogP contribution in [-0.2, 0) is 4.79 Å². The molecule has 1 amide bonds. The second-order valence-electron chi connectivity index (χ2n) is 5.20. The van der Waals surface area contributed by atoms with Gasteiger partial charge in [0, 0.05) is 38.6 Å². The van der Waals surface area contributed by atoms with Gasteiger partial charge < -0.3 is 15.5 Å². The predicted octanol–water partition coefficient (Wildman–Crippen LogP) is 0.533. The Balaban J connectivity index is 2.13. The average Bonchev–Trinajstić information content (AvgIpc) is 3.24. The Bertz CT molecular complexity index is 368. The lowest BCUT2D eigenvalue weighted by Gasteiger charge is -2.35. The van der Waals surface area contributed by atoms with E-state index in [0.29, 0.717) is 17.7 Å². The molecule has 0 bridgehead atoms. The standard InChI is InChI=1S/C14H24N4O/c1-15-9-11(10-16-2)14(19)18(12-3-4-12)13-5-7-17-8-6-13/h9-10,12-13,15,17H,3-8H2,1-2H3/b11-9+,16-10?. The van der Waals surface area contributed by atoms with Crippen LogP contribution in [0.1, 0.15) is 25.7 Å². The van der Waals surface area contributed by atoms with Crippen LogP contribution in [0.15, 0.2) is 16.8 Å². The average molecular weight is 264 g/mol. The van der Waals surface area contributed by atoms with Crippen molar-refractivity contribution in [2.45, 2.75) is 37.8 Å². The summed E-state index contributed by atoms with van der Waals surface area (Å²) in [6.07, 6.45) is 7.79. The van der Waals surface area contributed by atoms with Crippen molar-refractivity contribution in [1.29, 1.82) is 0 Å². The number of nitrogens with one attached hydrogen (secondary N) is 2. The van der Waals surface area contributed by atoms with E-state index in [1.54, 1.807) is 19.5 Å². The fraction of sp³-hybridized carbons (Fsp3) is 0.714. The van der Waals surface area contributed by atoms with Crippen molar-refractivity contribution in [3.05, 3.63) is 11.8 Å². The van der Waals surface area contributed by atoms with Gasteiger partial charge in [0.05, 0.1) is 5.57 Å². The summed E-state index contributed by atoms with van der Waals surface area (Å²) in [5, 5.41) is 6.29. The minimum absolute atomic E-state index is 0.120. The summed E-state index contributed by atoms with van der Waals surface area (Å²) in [7, 11) is 3.51. The van der Waals surface area contributed by atoms with Crippen LogP contribution in [0, 0.1) is 0 Å². The highest BCUT2D eigenvalue weighted by atomic mass is 16.2. The maximum Gasteiger partial charge on any atom is 0.257 e. The molecule has 1 aliphatic heterocycles. The van der Waals surface area contributed by atoms with E-state index < -0.39 is 0 Å². The molecular formula is C14H24N4O. The number of carbonyl (C=O) groups excluding carboxylic acids is 1. The van der Waals surface area contributed by atoms with Crippen molar-refractivity contribution in [3.8, 4) is 0 Å². The van der Waals surface area contributed by atoms with Crippen LogP contribution in [0.2, 0.25) is 0 Å². The van der Waals surface area contributed by atoms with Gasteiger partial charge in [-0.2, -0.15) is 0 Å². The Morgan fingerprint density at radius 3 is 2.42 bits per heavy atom. The monoisotopic (exact) mass is 264 g/mol. The zero-order valence-electron chi connectivity index (χ0n) is 11.9. The topological polar surface area (TPSA) is 56.7 Å². The van der Waals surface area contributed by atoms with Crippen LogP contribution >= 0.6 is 0 Å². The van der Waals surface area contributed by atoms with Crippen molar-refractivity contribution in [2.75, 3.05) is 27.2 Å². The van der Waals surface area contributed by atoms with Gasteiger partial charge in [0.1, 0.15) is 0 Å². The van der Waals surface area contributed by atoms with Crippen LogP contribution in [-0.4, -0.2) is 56.3 Å². The van der Waals surface area contributed by atoms with E-state index >= 15 is 0 Å². The molecule has 1 saturated heterocycles. The highest BCUT2D eigenvalue weighted by molar-refractivity contribution is 6.12. The maximum atomic E-state index is 12.7. The van der Waals surface area contributed by atoms with Crippen molar-refractivity contribution in [1.82, 2.24) is 15.5 Å². The van der Waals surface area contributed by atoms with E-state index in [9.17, 15) is 4.79 Å². The van der Waals surface area contributed by atoms with Gasteiger partial charge in [-0.05, 0) is 38.8 Å². The molecule has 1 aliphatic carbocycles. The van der Waals surface area contributed by atoms with Gasteiger partial charge in [0.2, 0.25) is 0 Å². The van der Waals surface area contributed by atoms with Crippen LogP contribution in [0.4, 0.5) is 0 Å². The highest BCUT2D eigenvalue weighted by Crippen LogP contribution is 2.32. The molecule has 19 heavy (non-hydrogen) atoms. The molecule has 5 nitrogen and oxygen atoms in total. The molecule has 0 aromatic rings. The van der Waals surface area contributed by atoms with Crippen LogP contribution in [0.5, 0.6) is 0 Å². The zero-order chi connectivity index (χ0) is 13.7. The summed E-state index contributed by atoms with van der Waals surface area (Å²) in [6, 6.07) is 0.827. The molecule has 1 saturated carbocycles. The van der Waals surface area contributed by atoms with Crippen molar-refractivity contribution in [2.24, 2.45) is 4.99 Å². The van der Waals surface area contributed by atoms with Gasteiger partial charge in [-0.25, -0.2) is 0 Å². The van der Waals surface area contributed by atoms with Crippen molar-refractivity contribution in [3.63, 3.8) is 0 Å². The van der Waals surface area contributed by atoms with Crippen molar-refractivity contribution < 1.29 is 4.79 Å². The summed E-state index contributed by atoms with van der Waals surface area (Å²) in [4.78, 5) is 18.8. The molecule has 2 N–H and O–H groups in total. The normalized spacial score (nSPS) is 21.7. The van der Waals surface area contributed by atoms with Crippen LogP contribution < -0.4 is 10.6 Å². The largest absolute Gasteiger partial charge is 0.393 e. The number of rotatable bonds is 5. The minimum Gasteiger partial charge on any atom is -0.393 e. The fourth-order valence-electron chi connectivity index (χ4n) is 2.67. The third-order valence-corrected chi connectivity index (χ3v) is 3.69. The van der Waals surface area contributed by atoms with Gasteiger partial charge in [0.15, 0.2) is 0 Å². The molecule has 2 rings (SSSR count). The lowest BCUT2D eigenvalue weighted by atomic mass is 10.0. The van der Waals surface area contributed by atoms with E-state index in [0.717, 1.165) is 38.8 Å². The van der Waals surface area contributed by atoms with Crippen LogP contribution in [0.25, 0.3) is 0 Å². The number of piperidine rings is 1. The molecule has 0 aromatic carbocycles. The van der Waals surface area contributed by atoms with Gasteiger partial charge in [-0.15, -0.1) is 0 Å². The molecule has 2 fully saturated rings. The first-order valence-electron chi connectivity index (χ1n) is 7.11. The lowest BCUT2D eigenvalue weighted by Crippen LogP contribution is -2.48. The van der Waals surface area contributed by atoms with Gasteiger partial charge in [-0.3, -0.25) is 9.79 Å². The summed E-state index contributed by atoms with van der Waals surface area (Å²) < 4.78 is 0. The Hall–Kier alpha value is -1.36. The van der Waals surface area contributed by atoms with E-state index in [2.05, 4.69) is 20.5 Å². The maximum absolute atomic E-state index is 12.7. The first kappa shape index (κ1) is 14.1. The first-order valence-corrected chi connectivity index (χ1v) is 7.11. The highest BCUT2D eigenvalue weighted by Gasteiger charge is 2.38. The van der Waals surface area contributed by atoms with Gasteiger partial charge in [0.25, 0.3) is 5.91 Å². The van der Waals surface area contributed by atoms with E-state index in [4.69, 9.17) is 0 Å². The van der Waals surface area contributed by atoms with Gasteiger partial charge in [-0.1, -0.05) is 0 Å². The fourth-order valence-corrected chi connectivity index (χ4v) is 2.67. The second kappa shape index (κ2) is 6.70.